The maximum Gasteiger partial charge on any atom is 0.160 e. The molecule has 0 aromatic heterocycles. The van der Waals surface area contributed by atoms with Crippen LogP contribution in [0.3, 0.4) is 0 Å². The molecule has 0 bridgehead atoms. The summed E-state index contributed by atoms with van der Waals surface area (Å²) < 4.78 is 0. The number of rotatable bonds is 49. The van der Waals surface area contributed by atoms with Crippen LogP contribution in [0.25, 0.3) is 0 Å². The van der Waals surface area contributed by atoms with E-state index >= 15 is 0 Å². The largest absolute Gasteiger partial charge is 0.330 e. The summed E-state index contributed by atoms with van der Waals surface area (Å²) in [6, 6.07) is 0. The quantitative estimate of drug-likeness (QED) is 0.0361. The molecule has 0 aliphatic rings. The first kappa shape index (κ1) is 55.2. The first-order chi connectivity index (χ1) is 27.6. The van der Waals surface area contributed by atoms with Crippen molar-refractivity contribution in [3.63, 3.8) is 0 Å². The topological polar surface area (TPSA) is 110 Å². The lowest BCUT2D eigenvalue weighted by Gasteiger charge is -2.32. The summed E-state index contributed by atoms with van der Waals surface area (Å²) in [5.74, 6) is 0.170. The van der Waals surface area contributed by atoms with Crippen LogP contribution in [0.5, 0.6) is 0 Å². The van der Waals surface area contributed by atoms with Gasteiger partial charge in [0.15, 0.2) is 11.6 Å². The van der Waals surface area contributed by atoms with Crippen molar-refractivity contribution in [3.8, 4) is 0 Å². The van der Waals surface area contributed by atoms with Gasteiger partial charge in [-0.1, -0.05) is 219 Å². The lowest BCUT2D eigenvalue weighted by Crippen LogP contribution is -2.59. The Morgan fingerprint density at radius 1 is 0.357 bits per heavy atom. The average Bonchev–Trinajstić information content (AvgIpc) is 3.20. The SMILES string of the molecule is CCCCCCCCCCCCCCCCCCCC(=O)C(CCN)(NCCCCNCCCN)C(=O)CCCCCCCCCCCCCCCCCCC. The Morgan fingerprint density at radius 3 is 0.946 bits per heavy atom. The predicted molar refractivity (Wildman–Crippen MR) is 248 cm³/mol. The molecule has 6 heteroatoms. The van der Waals surface area contributed by atoms with Crippen LogP contribution in [-0.2, 0) is 9.59 Å². The van der Waals surface area contributed by atoms with Gasteiger partial charge >= 0.3 is 0 Å². The zero-order chi connectivity index (χ0) is 40.9. The van der Waals surface area contributed by atoms with Crippen LogP contribution in [0, 0.1) is 0 Å². The smallest absolute Gasteiger partial charge is 0.160 e. The van der Waals surface area contributed by atoms with E-state index in [1.807, 2.05) is 0 Å². The molecule has 6 N–H and O–H groups in total. The van der Waals surface area contributed by atoms with Gasteiger partial charge in [-0.25, -0.2) is 0 Å². The summed E-state index contributed by atoms with van der Waals surface area (Å²) >= 11 is 0. The highest BCUT2D eigenvalue weighted by Gasteiger charge is 2.42. The Bertz CT molecular complexity index is 756. The van der Waals surface area contributed by atoms with Crippen LogP contribution in [-0.4, -0.2) is 49.8 Å². The normalized spacial score (nSPS) is 11.9. The fraction of sp³-hybridized carbons (Fsp3) is 0.960. The van der Waals surface area contributed by atoms with E-state index < -0.39 is 5.54 Å². The van der Waals surface area contributed by atoms with Crippen molar-refractivity contribution >= 4 is 11.6 Å². The van der Waals surface area contributed by atoms with Gasteiger partial charge in [0.25, 0.3) is 0 Å². The molecule has 56 heavy (non-hydrogen) atoms. The molecule has 0 aliphatic heterocycles. The van der Waals surface area contributed by atoms with E-state index in [2.05, 4.69) is 24.5 Å². The van der Waals surface area contributed by atoms with Crippen molar-refractivity contribution in [1.82, 2.24) is 10.6 Å². The van der Waals surface area contributed by atoms with E-state index in [4.69, 9.17) is 11.5 Å². The van der Waals surface area contributed by atoms with Gasteiger partial charge in [-0.2, -0.15) is 0 Å². The van der Waals surface area contributed by atoms with Gasteiger partial charge in [0.2, 0.25) is 0 Å². The summed E-state index contributed by atoms with van der Waals surface area (Å²) in [5, 5.41) is 6.96. The Kier molecular flexibility index (Phi) is 44.6. The number of hydrogen-bond donors (Lipinski definition) is 4. The van der Waals surface area contributed by atoms with Gasteiger partial charge in [-0.05, 0) is 71.2 Å². The zero-order valence-corrected chi connectivity index (χ0v) is 38.3. The number of carbonyl (C=O) groups is 2. The number of nitrogens with two attached hydrogens (primary N) is 2. The molecule has 0 atom stereocenters. The van der Waals surface area contributed by atoms with E-state index in [1.165, 1.54) is 193 Å². The summed E-state index contributed by atoms with van der Waals surface area (Å²) in [5.41, 5.74) is 10.6. The fourth-order valence-electron chi connectivity index (χ4n) is 8.41. The monoisotopic (exact) mass is 791 g/mol. The van der Waals surface area contributed by atoms with Crippen LogP contribution in [0.2, 0.25) is 0 Å². The lowest BCUT2D eigenvalue weighted by molar-refractivity contribution is -0.137. The maximum atomic E-state index is 13.9. The van der Waals surface area contributed by atoms with Gasteiger partial charge in [0.05, 0.1) is 0 Å². The highest BCUT2D eigenvalue weighted by Crippen LogP contribution is 2.23. The summed E-state index contributed by atoms with van der Waals surface area (Å²) in [4.78, 5) is 27.8. The van der Waals surface area contributed by atoms with Crippen molar-refractivity contribution in [2.24, 2.45) is 11.5 Å². The third kappa shape index (κ3) is 35.2. The van der Waals surface area contributed by atoms with Gasteiger partial charge in [0.1, 0.15) is 5.54 Å². The van der Waals surface area contributed by atoms with Crippen molar-refractivity contribution in [2.75, 3.05) is 32.7 Å². The minimum Gasteiger partial charge on any atom is -0.330 e. The molecule has 0 aromatic carbocycles. The van der Waals surface area contributed by atoms with E-state index in [-0.39, 0.29) is 11.6 Å². The molecule has 0 aliphatic carbocycles. The predicted octanol–water partition coefficient (Wildman–Crippen LogP) is 13.6. The molecule has 0 radical (unpaired) electrons. The van der Waals surface area contributed by atoms with Gasteiger partial charge in [-0.3, -0.25) is 14.9 Å². The average molecular weight is 791 g/mol. The molecule has 6 nitrogen and oxygen atoms in total. The van der Waals surface area contributed by atoms with Crippen LogP contribution in [0.1, 0.15) is 271 Å². The van der Waals surface area contributed by atoms with Crippen molar-refractivity contribution in [2.45, 2.75) is 276 Å². The third-order valence-corrected chi connectivity index (χ3v) is 12.3. The number of ketones is 2. The molecule has 0 amide bonds. The molecule has 0 fully saturated rings. The number of unbranched alkanes of at least 4 members (excludes halogenated alkanes) is 33. The minimum absolute atomic E-state index is 0.0851. The maximum absolute atomic E-state index is 13.9. The van der Waals surface area contributed by atoms with E-state index in [9.17, 15) is 9.59 Å². The minimum atomic E-state index is -1.11. The van der Waals surface area contributed by atoms with Crippen LogP contribution >= 0.6 is 0 Å². The summed E-state index contributed by atoms with van der Waals surface area (Å²) in [7, 11) is 0. The van der Waals surface area contributed by atoms with Crippen LogP contribution in [0.15, 0.2) is 0 Å². The van der Waals surface area contributed by atoms with E-state index in [0.717, 1.165) is 58.0 Å². The molecule has 0 aromatic rings. The molecule has 0 saturated carbocycles. The molecular formula is C50H102N4O2. The molecule has 334 valence electrons. The summed E-state index contributed by atoms with van der Waals surface area (Å²) in [6.45, 7) is 8.19. The summed E-state index contributed by atoms with van der Waals surface area (Å²) in [6.07, 6.45) is 49.3. The van der Waals surface area contributed by atoms with Gasteiger partial charge in [-0.15, -0.1) is 0 Å². The van der Waals surface area contributed by atoms with E-state index in [1.54, 1.807) is 0 Å². The molecule has 0 unspecified atom stereocenters. The highest BCUT2D eigenvalue weighted by molar-refractivity contribution is 6.11. The molecule has 0 saturated heterocycles. The lowest BCUT2D eigenvalue weighted by atomic mass is 9.80. The van der Waals surface area contributed by atoms with Gasteiger partial charge in [0, 0.05) is 12.8 Å². The second kappa shape index (κ2) is 45.3. The fourth-order valence-corrected chi connectivity index (χ4v) is 8.41. The van der Waals surface area contributed by atoms with E-state index in [0.29, 0.717) is 38.9 Å². The zero-order valence-electron chi connectivity index (χ0n) is 38.3. The Morgan fingerprint density at radius 2 is 0.643 bits per heavy atom. The number of nitrogens with one attached hydrogen (secondary N) is 2. The third-order valence-electron chi connectivity index (χ3n) is 12.3. The van der Waals surface area contributed by atoms with Crippen LogP contribution in [0.4, 0.5) is 0 Å². The number of Topliss-reactive ketones (excluding diaryl/α,β-unsaturated/α-hetero) is 2. The molecule has 0 heterocycles. The number of carbonyl (C=O) groups excluding carboxylic acids is 2. The molecule has 0 rings (SSSR count). The standard InChI is InChI=1S/C50H102N4O2/c1-3-5-7-9-11-13-15-17-19-21-23-25-27-29-31-33-35-40-48(55)50(42-44-52,54-47-38-37-45-53-46-39-43-51)49(56)41-36-34-32-30-28-26-24-22-20-18-16-14-12-10-8-6-4-2/h53-54H,3-47,51-52H2,1-2H3. The Balaban J connectivity index is 4.42. The van der Waals surface area contributed by atoms with Crippen molar-refractivity contribution in [3.05, 3.63) is 0 Å². The molecule has 0 spiro atoms. The second-order valence-electron chi connectivity index (χ2n) is 17.6. The highest BCUT2D eigenvalue weighted by atomic mass is 16.2. The first-order valence-corrected chi connectivity index (χ1v) is 25.5. The van der Waals surface area contributed by atoms with Gasteiger partial charge < -0.3 is 16.8 Å². The molecular weight excluding hydrogens is 689 g/mol. The second-order valence-corrected chi connectivity index (χ2v) is 17.6. The Hall–Kier alpha value is -0.820. The van der Waals surface area contributed by atoms with Crippen molar-refractivity contribution in [1.29, 1.82) is 0 Å². The van der Waals surface area contributed by atoms with Crippen LogP contribution < -0.4 is 22.1 Å². The number of hydrogen-bond acceptors (Lipinski definition) is 6. The van der Waals surface area contributed by atoms with Crippen molar-refractivity contribution < 1.29 is 9.59 Å². The first-order valence-electron chi connectivity index (χ1n) is 25.5. The Labute approximate surface area is 351 Å².